The summed E-state index contributed by atoms with van der Waals surface area (Å²) in [5, 5.41) is 3.28. The lowest BCUT2D eigenvalue weighted by atomic mass is 10.0. The SMILES string of the molecule is NCCCCCN(C(=O)Cc1ccc(-c2ccccc2)cc1)C(=O)C1CCCCN1. The zero-order valence-corrected chi connectivity index (χ0v) is 17.7. The first-order chi connectivity index (χ1) is 14.7. The Hall–Kier alpha value is -2.50. The van der Waals surface area contributed by atoms with Crippen molar-refractivity contribution in [3.05, 3.63) is 60.2 Å². The quantitative estimate of drug-likeness (QED) is 0.624. The van der Waals surface area contributed by atoms with Crippen LogP contribution >= 0.6 is 0 Å². The molecule has 3 rings (SSSR count). The highest BCUT2D eigenvalue weighted by Crippen LogP contribution is 2.20. The van der Waals surface area contributed by atoms with Gasteiger partial charge in [0.1, 0.15) is 0 Å². The topological polar surface area (TPSA) is 75.4 Å². The Morgan fingerprint density at radius 1 is 0.933 bits per heavy atom. The fraction of sp³-hybridized carbons (Fsp3) is 0.440. The minimum atomic E-state index is -0.238. The van der Waals surface area contributed by atoms with Crippen LogP contribution in [0.25, 0.3) is 11.1 Å². The highest BCUT2D eigenvalue weighted by molar-refractivity contribution is 5.98. The van der Waals surface area contributed by atoms with E-state index in [1.807, 2.05) is 42.5 Å². The minimum absolute atomic E-state index is 0.0756. The molecule has 0 aliphatic carbocycles. The largest absolute Gasteiger partial charge is 0.330 e. The molecule has 1 atom stereocenters. The zero-order chi connectivity index (χ0) is 21.2. The van der Waals surface area contributed by atoms with E-state index >= 15 is 0 Å². The van der Waals surface area contributed by atoms with Gasteiger partial charge >= 0.3 is 0 Å². The van der Waals surface area contributed by atoms with Gasteiger partial charge in [-0.2, -0.15) is 0 Å². The van der Waals surface area contributed by atoms with Gasteiger partial charge in [0.2, 0.25) is 11.8 Å². The van der Waals surface area contributed by atoms with E-state index in [1.54, 1.807) is 0 Å². The molecule has 2 aromatic rings. The molecule has 1 aliphatic rings. The highest BCUT2D eigenvalue weighted by Gasteiger charge is 2.29. The maximum absolute atomic E-state index is 13.1. The Morgan fingerprint density at radius 3 is 2.33 bits per heavy atom. The van der Waals surface area contributed by atoms with Crippen molar-refractivity contribution in [3.8, 4) is 11.1 Å². The summed E-state index contributed by atoms with van der Waals surface area (Å²) in [5.74, 6) is -0.194. The number of piperidine rings is 1. The number of benzene rings is 2. The second-order valence-electron chi connectivity index (χ2n) is 7.98. The molecule has 3 N–H and O–H groups in total. The van der Waals surface area contributed by atoms with Crippen LogP contribution in [0.5, 0.6) is 0 Å². The summed E-state index contributed by atoms with van der Waals surface area (Å²) in [6, 6.07) is 18.0. The number of unbranched alkanes of at least 4 members (excludes halogenated alkanes) is 2. The van der Waals surface area contributed by atoms with Crippen molar-refractivity contribution in [1.82, 2.24) is 10.2 Å². The predicted molar refractivity (Wildman–Crippen MR) is 121 cm³/mol. The molecular weight excluding hydrogens is 374 g/mol. The van der Waals surface area contributed by atoms with Crippen LogP contribution in [0.3, 0.4) is 0 Å². The first-order valence-corrected chi connectivity index (χ1v) is 11.1. The number of imide groups is 1. The molecule has 160 valence electrons. The lowest BCUT2D eigenvalue weighted by Crippen LogP contribution is -2.51. The summed E-state index contributed by atoms with van der Waals surface area (Å²) in [4.78, 5) is 27.6. The first kappa shape index (κ1) is 22.2. The molecule has 5 nitrogen and oxygen atoms in total. The van der Waals surface area contributed by atoms with Crippen LogP contribution in [-0.2, 0) is 16.0 Å². The second-order valence-corrected chi connectivity index (χ2v) is 7.98. The van der Waals surface area contributed by atoms with Crippen molar-refractivity contribution in [2.24, 2.45) is 5.73 Å². The van der Waals surface area contributed by atoms with Crippen LogP contribution in [0.2, 0.25) is 0 Å². The van der Waals surface area contributed by atoms with Crippen molar-refractivity contribution in [2.45, 2.75) is 51.0 Å². The number of nitrogens with one attached hydrogen (secondary N) is 1. The zero-order valence-electron chi connectivity index (χ0n) is 17.7. The number of rotatable bonds is 9. The molecule has 0 aromatic heterocycles. The fourth-order valence-corrected chi connectivity index (χ4v) is 3.92. The van der Waals surface area contributed by atoms with Crippen LogP contribution in [0.1, 0.15) is 44.1 Å². The van der Waals surface area contributed by atoms with Gasteiger partial charge in [-0.15, -0.1) is 0 Å². The van der Waals surface area contributed by atoms with E-state index in [-0.39, 0.29) is 24.3 Å². The van der Waals surface area contributed by atoms with Gasteiger partial charge in [-0.25, -0.2) is 0 Å². The van der Waals surface area contributed by atoms with Gasteiger partial charge < -0.3 is 11.1 Å². The number of hydrogen-bond acceptors (Lipinski definition) is 4. The van der Waals surface area contributed by atoms with E-state index in [2.05, 4.69) is 17.4 Å². The van der Waals surface area contributed by atoms with Crippen LogP contribution in [0.4, 0.5) is 0 Å². The van der Waals surface area contributed by atoms with Crippen LogP contribution in [-0.4, -0.2) is 42.4 Å². The third-order valence-electron chi connectivity index (χ3n) is 5.68. The molecule has 30 heavy (non-hydrogen) atoms. The van der Waals surface area contributed by atoms with Gasteiger partial charge in [0, 0.05) is 6.54 Å². The third kappa shape index (κ3) is 6.25. The third-order valence-corrected chi connectivity index (χ3v) is 5.68. The van der Waals surface area contributed by atoms with Crippen molar-refractivity contribution >= 4 is 11.8 Å². The maximum atomic E-state index is 13.1. The van der Waals surface area contributed by atoms with E-state index in [0.717, 1.165) is 61.8 Å². The summed E-state index contributed by atoms with van der Waals surface area (Å²) < 4.78 is 0. The molecule has 0 spiro atoms. The Morgan fingerprint density at radius 2 is 1.67 bits per heavy atom. The Bertz CT molecular complexity index is 799. The van der Waals surface area contributed by atoms with Crippen molar-refractivity contribution in [2.75, 3.05) is 19.6 Å². The monoisotopic (exact) mass is 407 g/mol. The molecule has 5 heteroatoms. The molecule has 0 radical (unpaired) electrons. The van der Waals surface area contributed by atoms with Crippen molar-refractivity contribution < 1.29 is 9.59 Å². The maximum Gasteiger partial charge on any atom is 0.246 e. The number of carbonyl (C=O) groups excluding carboxylic acids is 2. The van der Waals surface area contributed by atoms with E-state index in [4.69, 9.17) is 5.73 Å². The summed E-state index contributed by atoms with van der Waals surface area (Å²) in [6.07, 6.45) is 5.80. The summed E-state index contributed by atoms with van der Waals surface area (Å²) >= 11 is 0. The lowest BCUT2D eigenvalue weighted by Gasteiger charge is -2.29. The average molecular weight is 408 g/mol. The smallest absolute Gasteiger partial charge is 0.246 e. The molecule has 0 bridgehead atoms. The predicted octanol–water partition coefficient (Wildman–Crippen LogP) is 3.52. The van der Waals surface area contributed by atoms with E-state index in [0.29, 0.717) is 13.1 Å². The van der Waals surface area contributed by atoms with Gasteiger partial charge in [0.05, 0.1) is 12.5 Å². The van der Waals surface area contributed by atoms with Gasteiger partial charge in [-0.05, 0) is 55.5 Å². The first-order valence-electron chi connectivity index (χ1n) is 11.1. The van der Waals surface area contributed by atoms with Crippen molar-refractivity contribution in [3.63, 3.8) is 0 Å². The van der Waals surface area contributed by atoms with Gasteiger partial charge in [0.25, 0.3) is 0 Å². The number of carbonyl (C=O) groups is 2. The molecule has 1 saturated heterocycles. The average Bonchev–Trinajstić information content (AvgIpc) is 2.80. The summed E-state index contributed by atoms with van der Waals surface area (Å²) in [6.45, 7) is 1.95. The normalized spacial score (nSPS) is 16.2. The van der Waals surface area contributed by atoms with Gasteiger partial charge in [-0.3, -0.25) is 14.5 Å². The molecule has 1 heterocycles. The van der Waals surface area contributed by atoms with E-state index in [1.165, 1.54) is 4.90 Å². The molecule has 1 aliphatic heterocycles. The Balaban J connectivity index is 1.66. The molecule has 0 saturated carbocycles. The Kier molecular flexibility index (Phi) is 8.60. The van der Waals surface area contributed by atoms with Crippen LogP contribution in [0.15, 0.2) is 54.6 Å². The Labute approximate surface area is 179 Å². The molecule has 1 unspecified atom stereocenters. The molecule has 2 aromatic carbocycles. The molecule has 1 fully saturated rings. The molecular formula is C25H33N3O2. The van der Waals surface area contributed by atoms with Crippen LogP contribution in [0, 0.1) is 0 Å². The highest BCUT2D eigenvalue weighted by atomic mass is 16.2. The number of nitrogens with two attached hydrogens (primary N) is 1. The number of hydrogen-bond donors (Lipinski definition) is 2. The molecule has 2 amide bonds. The second kappa shape index (κ2) is 11.6. The number of nitrogens with zero attached hydrogens (tertiary/aromatic N) is 1. The minimum Gasteiger partial charge on any atom is -0.330 e. The lowest BCUT2D eigenvalue weighted by molar-refractivity contribution is -0.146. The number of amides is 2. The van der Waals surface area contributed by atoms with Gasteiger partial charge in [0.15, 0.2) is 0 Å². The van der Waals surface area contributed by atoms with Crippen LogP contribution < -0.4 is 11.1 Å². The standard InChI is InChI=1S/C25H33N3O2/c26-16-6-2-8-18-28(25(30)23-11-5-7-17-27-23)24(29)19-20-12-14-22(15-13-20)21-9-3-1-4-10-21/h1,3-4,9-10,12-15,23,27H,2,5-8,11,16-19,26H2. The van der Waals surface area contributed by atoms with Crippen molar-refractivity contribution in [1.29, 1.82) is 0 Å². The summed E-state index contributed by atoms with van der Waals surface area (Å²) in [5.41, 5.74) is 8.77. The van der Waals surface area contributed by atoms with E-state index in [9.17, 15) is 9.59 Å². The van der Waals surface area contributed by atoms with Gasteiger partial charge in [-0.1, -0.05) is 67.4 Å². The fourth-order valence-electron chi connectivity index (χ4n) is 3.92. The van der Waals surface area contributed by atoms with E-state index < -0.39 is 0 Å². The summed E-state index contributed by atoms with van der Waals surface area (Å²) in [7, 11) is 0.